The van der Waals surface area contributed by atoms with Crippen LogP contribution in [-0.4, -0.2) is 66.7 Å². The van der Waals surface area contributed by atoms with Gasteiger partial charge in [0.15, 0.2) is 12.5 Å². The third-order valence-electron chi connectivity index (χ3n) is 4.38. The molecule has 5 atom stereocenters. The molecule has 0 bridgehead atoms. The normalized spacial score (nSPS) is 22.5. The number of epoxide rings is 1. The molecule has 26 heavy (non-hydrogen) atoms. The van der Waals surface area contributed by atoms with E-state index in [4.69, 9.17) is 20.3 Å². The summed E-state index contributed by atoms with van der Waals surface area (Å²) in [5.41, 5.74) is 5.42. The lowest BCUT2D eigenvalue weighted by atomic mass is 9.91. The highest BCUT2D eigenvalue weighted by atomic mass is 32.2. The second-order valence-electron chi connectivity index (χ2n) is 6.61. The van der Waals surface area contributed by atoms with Crippen LogP contribution >= 0.6 is 11.8 Å². The van der Waals surface area contributed by atoms with Crippen molar-refractivity contribution in [2.24, 2.45) is 17.6 Å². The zero-order valence-corrected chi connectivity index (χ0v) is 16.7. The highest BCUT2D eigenvalue weighted by molar-refractivity contribution is 8.00. The second kappa shape index (κ2) is 12.5. The molecule has 1 heterocycles. The van der Waals surface area contributed by atoms with Crippen molar-refractivity contribution in [1.29, 1.82) is 0 Å². The SMILES string of the molecule is CCCOC1OC1NC[C@@H](CNC(=O)CSC[C@H](N)C(=O)O)[C@@H](C)CC. The molecule has 1 amide bonds. The van der Waals surface area contributed by atoms with Crippen LogP contribution in [0.3, 0.4) is 0 Å². The molecule has 5 N–H and O–H groups in total. The molecule has 1 rings (SSSR count). The minimum Gasteiger partial charge on any atom is -0.480 e. The van der Waals surface area contributed by atoms with Crippen LogP contribution in [0.1, 0.15) is 33.6 Å². The van der Waals surface area contributed by atoms with Crippen LogP contribution in [0.2, 0.25) is 0 Å². The van der Waals surface area contributed by atoms with E-state index in [0.717, 1.165) is 19.4 Å². The molecular weight excluding hydrogens is 358 g/mol. The summed E-state index contributed by atoms with van der Waals surface area (Å²) in [5, 5.41) is 15.0. The topological polar surface area (TPSA) is 126 Å². The summed E-state index contributed by atoms with van der Waals surface area (Å²) in [6.45, 7) is 8.35. The summed E-state index contributed by atoms with van der Waals surface area (Å²) < 4.78 is 10.9. The third-order valence-corrected chi connectivity index (χ3v) is 5.44. The first-order valence-corrected chi connectivity index (χ1v) is 10.4. The van der Waals surface area contributed by atoms with Crippen molar-refractivity contribution in [3.63, 3.8) is 0 Å². The van der Waals surface area contributed by atoms with E-state index in [1.165, 1.54) is 11.8 Å². The van der Waals surface area contributed by atoms with Gasteiger partial charge in [-0.25, -0.2) is 0 Å². The Labute approximate surface area is 159 Å². The molecule has 0 aromatic carbocycles. The zero-order valence-electron chi connectivity index (χ0n) is 15.9. The molecule has 1 aliphatic heterocycles. The van der Waals surface area contributed by atoms with E-state index in [9.17, 15) is 9.59 Å². The Kier molecular flexibility index (Phi) is 11.1. The van der Waals surface area contributed by atoms with Crippen molar-refractivity contribution in [1.82, 2.24) is 10.6 Å². The number of rotatable bonds is 15. The van der Waals surface area contributed by atoms with Crippen molar-refractivity contribution >= 4 is 23.6 Å². The van der Waals surface area contributed by atoms with Crippen LogP contribution in [0, 0.1) is 11.8 Å². The number of carboxylic acid groups (broad SMARTS) is 1. The molecule has 1 fully saturated rings. The maximum atomic E-state index is 11.9. The molecule has 0 aromatic rings. The average molecular weight is 392 g/mol. The van der Waals surface area contributed by atoms with Gasteiger partial charge in [-0.05, 0) is 18.3 Å². The van der Waals surface area contributed by atoms with Crippen LogP contribution in [0.25, 0.3) is 0 Å². The number of ether oxygens (including phenoxy) is 2. The van der Waals surface area contributed by atoms with Gasteiger partial charge < -0.3 is 25.6 Å². The molecule has 0 aromatic heterocycles. The first kappa shape index (κ1) is 23.2. The molecular formula is C17H33N3O5S. The molecule has 8 nitrogen and oxygen atoms in total. The summed E-state index contributed by atoms with van der Waals surface area (Å²) in [7, 11) is 0. The van der Waals surface area contributed by atoms with Gasteiger partial charge >= 0.3 is 5.97 Å². The lowest BCUT2D eigenvalue weighted by Crippen LogP contribution is -2.39. The van der Waals surface area contributed by atoms with Crippen molar-refractivity contribution < 1.29 is 24.2 Å². The lowest BCUT2D eigenvalue weighted by Gasteiger charge is -2.23. The number of nitrogens with one attached hydrogen (secondary N) is 2. The predicted molar refractivity (Wildman–Crippen MR) is 102 cm³/mol. The maximum Gasteiger partial charge on any atom is 0.321 e. The largest absolute Gasteiger partial charge is 0.480 e. The number of carbonyl (C=O) groups excluding carboxylic acids is 1. The van der Waals surface area contributed by atoms with Gasteiger partial charge in [-0.3, -0.25) is 14.9 Å². The van der Waals surface area contributed by atoms with Gasteiger partial charge in [0.1, 0.15) is 6.04 Å². The van der Waals surface area contributed by atoms with Crippen LogP contribution in [0.5, 0.6) is 0 Å². The molecule has 0 saturated carbocycles. The Morgan fingerprint density at radius 3 is 2.69 bits per heavy atom. The monoisotopic (exact) mass is 391 g/mol. The van der Waals surface area contributed by atoms with Crippen LogP contribution in [0.4, 0.5) is 0 Å². The Morgan fingerprint density at radius 1 is 1.35 bits per heavy atom. The van der Waals surface area contributed by atoms with Crippen molar-refractivity contribution in [3.05, 3.63) is 0 Å². The smallest absolute Gasteiger partial charge is 0.321 e. The average Bonchev–Trinajstić information content (AvgIpc) is 3.37. The Bertz CT molecular complexity index is 441. The molecule has 1 aliphatic rings. The second-order valence-corrected chi connectivity index (χ2v) is 7.64. The summed E-state index contributed by atoms with van der Waals surface area (Å²) >= 11 is 1.23. The number of amides is 1. The molecule has 1 saturated heterocycles. The minimum absolute atomic E-state index is 0.0585. The molecule has 152 valence electrons. The first-order chi connectivity index (χ1) is 12.4. The number of hydrogen-bond acceptors (Lipinski definition) is 7. The van der Waals surface area contributed by atoms with E-state index in [2.05, 4.69) is 31.4 Å². The van der Waals surface area contributed by atoms with E-state index in [1.54, 1.807) is 0 Å². The summed E-state index contributed by atoms with van der Waals surface area (Å²) in [4.78, 5) is 22.6. The minimum atomic E-state index is -1.05. The van der Waals surface area contributed by atoms with Gasteiger partial charge in [-0.1, -0.05) is 27.2 Å². The summed E-state index contributed by atoms with van der Waals surface area (Å²) in [6.07, 6.45) is 1.77. The lowest BCUT2D eigenvalue weighted by molar-refractivity contribution is -0.138. The van der Waals surface area contributed by atoms with Crippen molar-refractivity contribution in [3.8, 4) is 0 Å². The molecule has 0 radical (unpaired) electrons. The molecule has 0 aliphatic carbocycles. The molecule has 2 unspecified atom stereocenters. The van der Waals surface area contributed by atoms with Crippen LogP contribution in [0.15, 0.2) is 0 Å². The quantitative estimate of drug-likeness (QED) is 0.299. The predicted octanol–water partition coefficient (Wildman–Crippen LogP) is 0.609. The fourth-order valence-corrected chi connectivity index (χ4v) is 3.13. The third kappa shape index (κ3) is 9.18. The fraction of sp³-hybridized carbons (Fsp3) is 0.882. The Hall–Kier alpha value is -0.870. The van der Waals surface area contributed by atoms with Crippen molar-refractivity contribution in [2.75, 3.05) is 31.2 Å². The fourth-order valence-electron chi connectivity index (χ4n) is 2.33. The standard InChI is InChI=1S/C17H33N3O5S/c1-4-6-24-17-15(25-17)20-8-12(11(3)5-2)7-19-14(21)10-26-9-13(18)16(22)23/h11-13,15,17,20H,4-10,18H2,1-3H3,(H,19,21)(H,22,23)/t11-,12+,13-,15?,17?/m0/s1. The van der Waals surface area contributed by atoms with Crippen molar-refractivity contribution in [2.45, 2.75) is 52.2 Å². The number of aliphatic carboxylic acids is 1. The number of thioether (sulfide) groups is 1. The number of nitrogens with two attached hydrogens (primary N) is 1. The Morgan fingerprint density at radius 2 is 2.08 bits per heavy atom. The van der Waals surface area contributed by atoms with Gasteiger partial charge in [-0.2, -0.15) is 0 Å². The van der Waals surface area contributed by atoms with Crippen LogP contribution < -0.4 is 16.4 Å². The van der Waals surface area contributed by atoms with Gasteiger partial charge in [-0.15, -0.1) is 11.8 Å². The van der Waals surface area contributed by atoms with E-state index in [-0.39, 0.29) is 35.8 Å². The van der Waals surface area contributed by atoms with Gasteiger partial charge in [0, 0.05) is 25.4 Å². The zero-order chi connectivity index (χ0) is 19.5. The van der Waals surface area contributed by atoms with Gasteiger partial charge in [0.25, 0.3) is 0 Å². The molecule has 9 heteroatoms. The van der Waals surface area contributed by atoms with E-state index in [0.29, 0.717) is 19.1 Å². The maximum absolute atomic E-state index is 11.9. The van der Waals surface area contributed by atoms with E-state index < -0.39 is 12.0 Å². The first-order valence-electron chi connectivity index (χ1n) is 9.22. The Balaban J connectivity index is 2.25. The highest BCUT2D eigenvalue weighted by Gasteiger charge is 2.40. The van der Waals surface area contributed by atoms with Gasteiger partial charge in [0.2, 0.25) is 5.91 Å². The summed E-state index contributed by atoms with van der Waals surface area (Å²) in [5.74, 6) is 0.00495. The summed E-state index contributed by atoms with van der Waals surface area (Å²) in [6, 6.07) is -0.939. The van der Waals surface area contributed by atoms with E-state index >= 15 is 0 Å². The molecule has 0 spiro atoms. The van der Waals surface area contributed by atoms with Crippen LogP contribution in [-0.2, 0) is 19.1 Å². The van der Waals surface area contributed by atoms with E-state index in [1.807, 2.05) is 0 Å². The number of hydrogen-bond donors (Lipinski definition) is 4. The number of carboxylic acids is 1. The van der Waals surface area contributed by atoms with Gasteiger partial charge in [0.05, 0.1) is 5.75 Å². The number of carbonyl (C=O) groups is 2. The highest BCUT2D eigenvalue weighted by Crippen LogP contribution is 2.22.